The van der Waals surface area contributed by atoms with Crippen molar-refractivity contribution in [2.45, 2.75) is 6.61 Å². The SMILES string of the molecule is [O-][n+]1ccc(OCc2ccccc2)cc1I. The average molecular weight is 327 g/mol. The summed E-state index contributed by atoms with van der Waals surface area (Å²) in [6, 6.07) is 13.3. The zero-order valence-corrected chi connectivity index (χ0v) is 10.6. The van der Waals surface area contributed by atoms with E-state index in [2.05, 4.69) is 0 Å². The van der Waals surface area contributed by atoms with Gasteiger partial charge >= 0.3 is 0 Å². The molecule has 0 fully saturated rings. The third kappa shape index (κ3) is 2.85. The molecular formula is C12H10INO2. The molecule has 0 saturated carbocycles. The van der Waals surface area contributed by atoms with Gasteiger partial charge < -0.3 is 9.94 Å². The Morgan fingerprint density at radius 2 is 1.94 bits per heavy atom. The van der Waals surface area contributed by atoms with Crippen LogP contribution in [0.3, 0.4) is 0 Å². The van der Waals surface area contributed by atoms with Crippen LogP contribution >= 0.6 is 22.6 Å². The first-order valence-corrected chi connectivity index (χ1v) is 5.89. The first kappa shape index (κ1) is 11.2. The van der Waals surface area contributed by atoms with Crippen LogP contribution in [0.15, 0.2) is 48.7 Å². The molecule has 0 atom stereocenters. The lowest BCUT2D eigenvalue weighted by molar-refractivity contribution is -0.619. The zero-order chi connectivity index (χ0) is 11.4. The molecule has 0 unspecified atom stereocenters. The second-order valence-corrected chi connectivity index (χ2v) is 4.39. The molecule has 3 nitrogen and oxygen atoms in total. The van der Waals surface area contributed by atoms with E-state index in [4.69, 9.17) is 4.74 Å². The molecule has 0 amide bonds. The second kappa shape index (κ2) is 5.16. The summed E-state index contributed by atoms with van der Waals surface area (Å²) in [6.07, 6.45) is 1.45. The fraction of sp³-hybridized carbons (Fsp3) is 0.0833. The number of pyridine rings is 1. The Hall–Kier alpha value is -1.30. The Bertz CT molecular complexity index is 474. The fourth-order valence-corrected chi connectivity index (χ4v) is 1.74. The van der Waals surface area contributed by atoms with Crippen molar-refractivity contribution >= 4 is 22.6 Å². The standard InChI is InChI=1S/C12H10INO2/c13-12-8-11(6-7-14(12)15)16-9-10-4-2-1-3-5-10/h1-8H,9H2. The maximum atomic E-state index is 11.1. The number of nitrogens with zero attached hydrogens (tertiary/aromatic N) is 1. The topological polar surface area (TPSA) is 36.2 Å². The van der Waals surface area contributed by atoms with Gasteiger partial charge in [-0.2, -0.15) is 4.73 Å². The van der Waals surface area contributed by atoms with Crippen LogP contribution in [0, 0.1) is 8.91 Å². The molecule has 0 saturated heterocycles. The molecule has 82 valence electrons. The molecule has 0 spiro atoms. The molecule has 1 heterocycles. The highest BCUT2D eigenvalue weighted by molar-refractivity contribution is 14.1. The third-order valence-electron chi connectivity index (χ3n) is 2.09. The summed E-state index contributed by atoms with van der Waals surface area (Å²) >= 11 is 1.97. The van der Waals surface area contributed by atoms with Crippen molar-refractivity contribution in [3.05, 3.63) is 63.1 Å². The van der Waals surface area contributed by atoms with Crippen LogP contribution in [-0.4, -0.2) is 0 Å². The van der Waals surface area contributed by atoms with Crippen LogP contribution in [0.4, 0.5) is 0 Å². The second-order valence-electron chi connectivity index (χ2n) is 3.29. The highest BCUT2D eigenvalue weighted by Crippen LogP contribution is 2.13. The van der Waals surface area contributed by atoms with Crippen LogP contribution in [0.1, 0.15) is 5.56 Å². The summed E-state index contributed by atoms with van der Waals surface area (Å²) in [5.74, 6) is 0.709. The van der Waals surface area contributed by atoms with E-state index in [9.17, 15) is 5.21 Å². The lowest BCUT2D eigenvalue weighted by Crippen LogP contribution is -2.29. The number of aromatic nitrogens is 1. The van der Waals surface area contributed by atoms with E-state index < -0.39 is 0 Å². The molecule has 16 heavy (non-hydrogen) atoms. The molecule has 0 aliphatic carbocycles. The monoisotopic (exact) mass is 327 g/mol. The van der Waals surface area contributed by atoms with E-state index in [-0.39, 0.29) is 0 Å². The fourth-order valence-electron chi connectivity index (χ4n) is 1.27. The number of hydrogen-bond acceptors (Lipinski definition) is 2. The van der Waals surface area contributed by atoms with E-state index in [0.717, 1.165) is 10.3 Å². The van der Waals surface area contributed by atoms with E-state index in [1.165, 1.54) is 6.20 Å². The number of benzene rings is 1. The number of hydrogen-bond donors (Lipinski definition) is 0. The smallest absolute Gasteiger partial charge is 0.256 e. The van der Waals surface area contributed by atoms with E-state index in [0.29, 0.717) is 16.1 Å². The Kier molecular flexibility index (Phi) is 3.61. The van der Waals surface area contributed by atoms with Gasteiger partial charge in [-0.25, -0.2) is 0 Å². The summed E-state index contributed by atoms with van der Waals surface area (Å²) in [5, 5.41) is 11.1. The molecule has 2 rings (SSSR count). The van der Waals surface area contributed by atoms with Crippen LogP contribution in [0.25, 0.3) is 0 Å². The van der Waals surface area contributed by atoms with Gasteiger partial charge in [-0.3, -0.25) is 0 Å². The molecule has 4 heteroatoms. The van der Waals surface area contributed by atoms with Crippen LogP contribution in [0.2, 0.25) is 0 Å². The predicted octanol–water partition coefficient (Wildman–Crippen LogP) is 2.50. The van der Waals surface area contributed by atoms with Crippen molar-refractivity contribution in [1.29, 1.82) is 0 Å². The first-order valence-electron chi connectivity index (χ1n) is 4.81. The Balaban J connectivity index is 2.03. The van der Waals surface area contributed by atoms with Gasteiger partial charge in [-0.05, 0) is 5.56 Å². The molecule has 0 N–H and O–H groups in total. The minimum absolute atomic E-state index is 0.514. The van der Waals surface area contributed by atoms with Crippen molar-refractivity contribution in [3.63, 3.8) is 0 Å². The van der Waals surface area contributed by atoms with Gasteiger partial charge in [0.2, 0.25) is 0 Å². The summed E-state index contributed by atoms with van der Waals surface area (Å²) in [5.41, 5.74) is 1.11. The summed E-state index contributed by atoms with van der Waals surface area (Å²) in [4.78, 5) is 0. The Morgan fingerprint density at radius 1 is 1.19 bits per heavy atom. The molecule has 0 aliphatic rings. The molecule has 1 aromatic carbocycles. The summed E-state index contributed by atoms with van der Waals surface area (Å²) in [6.45, 7) is 0.514. The van der Waals surface area contributed by atoms with Crippen LogP contribution in [-0.2, 0) is 6.61 Å². The van der Waals surface area contributed by atoms with Crippen molar-refractivity contribution in [1.82, 2.24) is 0 Å². The van der Waals surface area contributed by atoms with E-state index in [1.54, 1.807) is 12.1 Å². The van der Waals surface area contributed by atoms with E-state index >= 15 is 0 Å². The molecule has 0 aliphatic heterocycles. The number of rotatable bonds is 3. The van der Waals surface area contributed by atoms with Gasteiger partial charge in [0.05, 0.1) is 6.07 Å². The lowest BCUT2D eigenvalue weighted by Gasteiger charge is -2.06. The number of halogens is 1. The molecule has 0 bridgehead atoms. The van der Waals surface area contributed by atoms with Gasteiger partial charge in [-0.1, -0.05) is 30.3 Å². The quantitative estimate of drug-likeness (QED) is 0.376. The van der Waals surface area contributed by atoms with Crippen molar-refractivity contribution in [3.8, 4) is 5.75 Å². The van der Waals surface area contributed by atoms with Crippen molar-refractivity contribution in [2.24, 2.45) is 0 Å². The maximum Gasteiger partial charge on any atom is 0.256 e. The normalized spacial score (nSPS) is 10.1. The summed E-state index contributed by atoms with van der Waals surface area (Å²) < 4.78 is 6.97. The Morgan fingerprint density at radius 3 is 2.62 bits per heavy atom. The van der Waals surface area contributed by atoms with Gasteiger partial charge in [0.15, 0.2) is 6.20 Å². The van der Waals surface area contributed by atoms with Gasteiger partial charge in [-0.15, -0.1) is 0 Å². The first-order chi connectivity index (χ1) is 7.75. The largest absolute Gasteiger partial charge is 0.618 e. The van der Waals surface area contributed by atoms with Crippen molar-refractivity contribution < 1.29 is 9.47 Å². The lowest BCUT2D eigenvalue weighted by atomic mass is 10.2. The highest BCUT2D eigenvalue weighted by atomic mass is 127. The molecular weight excluding hydrogens is 317 g/mol. The molecule has 1 aromatic heterocycles. The number of ether oxygens (including phenoxy) is 1. The molecule has 0 radical (unpaired) electrons. The zero-order valence-electron chi connectivity index (χ0n) is 8.47. The van der Waals surface area contributed by atoms with E-state index in [1.807, 2.05) is 52.9 Å². The Labute approximate surface area is 107 Å². The third-order valence-corrected chi connectivity index (χ3v) is 2.88. The average Bonchev–Trinajstić information content (AvgIpc) is 2.32. The van der Waals surface area contributed by atoms with Gasteiger partial charge in [0, 0.05) is 28.7 Å². The van der Waals surface area contributed by atoms with Gasteiger partial charge in [0.25, 0.3) is 3.70 Å². The predicted molar refractivity (Wildman–Crippen MR) is 68.9 cm³/mol. The van der Waals surface area contributed by atoms with Gasteiger partial charge in [0.1, 0.15) is 12.4 Å². The highest BCUT2D eigenvalue weighted by Gasteiger charge is 2.03. The van der Waals surface area contributed by atoms with Crippen LogP contribution in [0.5, 0.6) is 5.75 Å². The molecule has 2 aromatic rings. The maximum absolute atomic E-state index is 11.1. The minimum Gasteiger partial charge on any atom is -0.618 e. The van der Waals surface area contributed by atoms with Crippen LogP contribution < -0.4 is 9.47 Å². The minimum atomic E-state index is 0.514. The van der Waals surface area contributed by atoms with Crippen molar-refractivity contribution in [2.75, 3.05) is 0 Å². The summed E-state index contributed by atoms with van der Waals surface area (Å²) in [7, 11) is 0.